The first kappa shape index (κ1) is 22.9. The van der Waals surface area contributed by atoms with Crippen LogP contribution in [0.3, 0.4) is 0 Å². The van der Waals surface area contributed by atoms with E-state index in [9.17, 15) is 4.79 Å². The molecule has 2 heterocycles. The van der Waals surface area contributed by atoms with Crippen molar-refractivity contribution in [2.45, 2.75) is 52.0 Å². The fraction of sp³-hybridized carbons (Fsp3) is 0.417. The number of aromatic nitrogens is 2. The van der Waals surface area contributed by atoms with Gasteiger partial charge in [0.25, 0.3) is 0 Å². The smallest absolute Gasteiger partial charge is 0.410 e. The van der Waals surface area contributed by atoms with Gasteiger partial charge in [-0.2, -0.15) is 0 Å². The minimum absolute atomic E-state index is 0.0643. The number of fused-ring (bicyclic) bond motifs is 1. The molecular weight excluding hydrogens is 449 g/mol. The number of ether oxygens (including phenoxy) is 2. The molecule has 6 nitrogen and oxygen atoms in total. The zero-order valence-corrected chi connectivity index (χ0v) is 20.0. The van der Waals surface area contributed by atoms with E-state index in [1.165, 1.54) is 0 Å². The summed E-state index contributed by atoms with van der Waals surface area (Å²) in [6, 6.07) is 13.4. The van der Waals surface area contributed by atoms with E-state index in [0.29, 0.717) is 36.3 Å². The van der Waals surface area contributed by atoms with Crippen molar-refractivity contribution in [3.05, 3.63) is 63.9 Å². The third-order valence-corrected chi connectivity index (χ3v) is 5.92. The molecule has 1 atom stereocenters. The number of halogens is 2. The van der Waals surface area contributed by atoms with Crippen molar-refractivity contribution in [1.29, 1.82) is 0 Å². The SMILES string of the molecule is CC(C)(C)OC(=O)N1CCC(OCc2nc3ccccc3n2Cc2cc(Cl)ccc2Cl)C1. The van der Waals surface area contributed by atoms with Crippen molar-refractivity contribution in [1.82, 2.24) is 14.5 Å². The lowest BCUT2D eigenvalue weighted by Gasteiger charge is -2.24. The standard InChI is InChI=1S/C24H27Cl2N3O3/c1-24(2,3)32-23(30)28-11-10-18(14-28)31-15-22-27-20-6-4-5-7-21(20)29(22)13-16-12-17(25)8-9-19(16)26/h4-9,12,18H,10-11,13-15H2,1-3H3. The van der Waals surface area contributed by atoms with E-state index in [0.717, 1.165) is 28.8 Å². The molecule has 1 unspecified atom stereocenters. The van der Waals surface area contributed by atoms with Gasteiger partial charge in [-0.3, -0.25) is 0 Å². The van der Waals surface area contributed by atoms with Crippen molar-refractivity contribution >= 4 is 40.3 Å². The molecule has 1 saturated heterocycles. The van der Waals surface area contributed by atoms with E-state index in [4.69, 9.17) is 37.7 Å². The summed E-state index contributed by atoms with van der Waals surface area (Å²) < 4.78 is 13.7. The van der Waals surface area contributed by atoms with E-state index < -0.39 is 5.60 Å². The van der Waals surface area contributed by atoms with Crippen LogP contribution in [0.4, 0.5) is 4.79 Å². The van der Waals surface area contributed by atoms with Gasteiger partial charge < -0.3 is 18.9 Å². The molecule has 1 amide bonds. The molecule has 4 rings (SSSR count). The Morgan fingerprint density at radius 1 is 1.19 bits per heavy atom. The van der Waals surface area contributed by atoms with Crippen LogP contribution in [0.25, 0.3) is 11.0 Å². The van der Waals surface area contributed by atoms with Gasteiger partial charge >= 0.3 is 6.09 Å². The number of hydrogen-bond acceptors (Lipinski definition) is 4. The van der Waals surface area contributed by atoms with Gasteiger partial charge in [0.2, 0.25) is 0 Å². The maximum Gasteiger partial charge on any atom is 0.410 e. The number of carbonyl (C=O) groups excluding carboxylic acids is 1. The predicted octanol–water partition coefficient (Wildman–Crippen LogP) is 5.92. The van der Waals surface area contributed by atoms with Crippen molar-refractivity contribution in [2.75, 3.05) is 13.1 Å². The second-order valence-electron chi connectivity index (χ2n) is 8.99. The minimum atomic E-state index is -0.511. The number of para-hydroxylation sites is 2. The summed E-state index contributed by atoms with van der Waals surface area (Å²) in [5.74, 6) is 0.804. The van der Waals surface area contributed by atoms with Gasteiger partial charge in [0.1, 0.15) is 18.0 Å². The second-order valence-corrected chi connectivity index (χ2v) is 9.83. The largest absolute Gasteiger partial charge is 0.444 e. The van der Waals surface area contributed by atoms with Gasteiger partial charge in [-0.15, -0.1) is 0 Å². The van der Waals surface area contributed by atoms with Crippen LogP contribution in [0.5, 0.6) is 0 Å². The molecule has 1 aromatic heterocycles. The number of rotatable bonds is 5. The molecule has 0 spiro atoms. The van der Waals surface area contributed by atoms with E-state index in [1.54, 1.807) is 17.0 Å². The summed E-state index contributed by atoms with van der Waals surface area (Å²) in [4.78, 5) is 18.8. The Kier molecular flexibility index (Phi) is 6.65. The molecule has 0 aliphatic carbocycles. The van der Waals surface area contributed by atoms with E-state index in [-0.39, 0.29) is 12.2 Å². The normalized spacial score (nSPS) is 16.7. The molecule has 2 aromatic carbocycles. The fourth-order valence-corrected chi connectivity index (χ4v) is 4.17. The molecule has 8 heteroatoms. The zero-order valence-electron chi connectivity index (χ0n) is 18.5. The van der Waals surface area contributed by atoms with Crippen LogP contribution in [0, 0.1) is 0 Å². The zero-order chi connectivity index (χ0) is 22.9. The number of nitrogens with zero attached hydrogens (tertiary/aromatic N) is 3. The van der Waals surface area contributed by atoms with Gasteiger partial charge in [0, 0.05) is 16.6 Å². The summed E-state index contributed by atoms with van der Waals surface area (Å²) in [5, 5.41) is 1.29. The van der Waals surface area contributed by atoms with E-state index in [2.05, 4.69) is 4.57 Å². The number of likely N-dealkylation sites (tertiary alicyclic amines) is 1. The van der Waals surface area contributed by atoms with Crippen molar-refractivity contribution in [3.8, 4) is 0 Å². The Bertz CT molecular complexity index is 1120. The number of imidazole rings is 1. The molecule has 1 aliphatic heterocycles. The predicted molar refractivity (Wildman–Crippen MR) is 126 cm³/mol. The van der Waals surface area contributed by atoms with Crippen LogP contribution in [-0.2, 0) is 22.6 Å². The summed E-state index contributed by atoms with van der Waals surface area (Å²) in [6.45, 7) is 7.60. The number of amides is 1. The Morgan fingerprint density at radius 3 is 2.75 bits per heavy atom. The molecule has 0 saturated carbocycles. The summed E-state index contributed by atoms with van der Waals surface area (Å²) in [6.07, 6.45) is 0.400. The van der Waals surface area contributed by atoms with Crippen LogP contribution in [0.2, 0.25) is 10.0 Å². The minimum Gasteiger partial charge on any atom is -0.444 e. The lowest BCUT2D eigenvalue weighted by atomic mass is 10.2. The number of hydrogen-bond donors (Lipinski definition) is 0. The first-order valence-corrected chi connectivity index (χ1v) is 11.4. The average Bonchev–Trinajstić information content (AvgIpc) is 3.33. The van der Waals surface area contributed by atoms with Crippen molar-refractivity contribution < 1.29 is 14.3 Å². The van der Waals surface area contributed by atoms with Gasteiger partial charge in [-0.25, -0.2) is 9.78 Å². The van der Waals surface area contributed by atoms with Crippen LogP contribution in [-0.4, -0.2) is 45.3 Å². The quantitative estimate of drug-likeness (QED) is 0.459. The first-order chi connectivity index (χ1) is 15.2. The third-order valence-electron chi connectivity index (χ3n) is 5.31. The Labute approximate surface area is 198 Å². The van der Waals surface area contributed by atoms with Gasteiger partial charge in [0.05, 0.1) is 30.2 Å². The molecular formula is C24H27Cl2N3O3. The molecule has 1 fully saturated rings. The summed E-state index contributed by atoms with van der Waals surface area (Å²) in [7, 11) is 0. The molecule has 3 aromatic rings. The molecule has 1 aliphatic rings. The fourth-order valence-electron chi connectivity index (χ4n) is 3.80. The highest BCUT2D eigenvalue weighted by atomic mass is 35.5. The molecule has 0 bridgehead atoms. The molecule has 32 heavy (non-hydrogen) atoms. The first-order valence-electron chi connectivity index (χ1n) is 10.7. The Hall–Kier alpha value is -2.28. The maximum atomic E-state index is 12.3. The van der Waals surface area contributed by atoms with E-state index in [1.807, 2.05) is 51.1 Å². The number of carbonyl (C=O) groups is 1. The highest BCUT2D eigenvalue weighted by molar-refractivity contribution is 6.33. The highest BCUT2D eigenvalue weighted by Gasteiger charge is 2.30. The lowest BCUT2D eigenvalue weighted by Crippen LogP contribution is -2.36. The molecule has 170 valence electrons. The van der Waals surface area contributed by atoms with Gasteiger partial charge in [-0.05, 0) is 63.1 Å². The van der Waals surface area contributed by atoms with Crippen molar-refractivity contribution in [2.24, 2.45) is 0 Å². The topological polar surface area (TPSA) is 56.6 Å². The van der Waals surface area contributed by atoms with Crippen LogP contribution in [0.15, 0.2) is 42.5 Å². The van der Waals surface area contributed by atoms with Gasteiger partial charge in [-0.1, -0.05) is 35.3 Å². The molecule has 0 N–H and O–H groups in total. The van der Waals surface area contributed by atoms with E-state index >= 15 is 0 Å². The monoisotopic (exact) mass is 475 g/mol. The second kappa shape index (κ2) is 9.30. The average molecular weight is 476 g/mol. The summed E-state index contributed by atoms with van der Waals surface area (Å²) in [5.41, 5.74) is 2.30. The highest BCUT2D eigenvalue weighted by Crippen LogP contribution is 2.26. The Balaban J connectivity index is 1.48. The van der Waals surface area contributed by atoms with Gasteiger partial charge in [0.15, 0.2) is 0 Å². The maximum absolute atomic E-state index is 12.3. The third kappa shape index (κ3) is 5.37. The molecule has 0 radical (unpaired) electrons. The van der Waals surface area contributed by atoms with Crippen LogP contribution in [0.1, 0.15) is 38.6 Å². The number of benzene rings is 2. The van der Waals surface area contributed by atoms with Crippen molar-refractivity contribution in [3.63, 3.8) is 0 Å². The Morgan fingerprint density at radius 2 is 1.97 bits per heavy atom. The lowest BCUT2D eigenvalue weighted by molar-refractivity contribution is 0.0171. The van der Waals surface area contributed by atoms with Crippen LogP contribution < -0.4 is 0 Å². The van der Waals surface area contributed by atoms with Crippen LogP contribution >= 0.6 is 23.2 Å². The summed E-state index contributed by atoms with van der Waals surface area (Å²) >= 11 is 12.6.